The van der Waals surface area contributed by atoms with Crippen LogP contribution in [0, 0.1) is 56.2 Å². The summed E-state index contributed by atoms with van der Waals surface area (Å²) < 4.78 is 0. The molecule has 1 amide bonds. The van der Waals surface area contributed by atoms with E-state index in [1.807, 2.05) is 19.1 Å². The number of fused-ring (bicyclic) bond motifs is 3. The highest BCUT2D eigenvalue weighted by Crippen LogP contribution is 2.68. The van der Waals surface area contributed by atoms with Crippen LogP contribution in [0.3, 0.4) is 0 Å². The van der Waals surface area contributed by atoms with E-state index < -0.39 is 10.8 Å². The summed E-state index contributed by atoms with van der Waals surface area (Å²) in [6.07, 6.45) is 10.1. The van der Waals surface area contributed by atoms with Crippen molar-refractivity contribution in [2.24, 2.45) is 44.8 Å². The molecule has 4 rings (SSSR count). The predicted molar refractivity (Wildman–Crippen MR) is 146 cm³/mol. The molecule has 0 radical (unpaired) electrons. The highest BCUT2D eigenvalue weighted by molar-refractivity contribution is 6.02. The largest absolute Gasteiger partial charge is 0.295 e. The quantitative estimate of drug-likeness (QED) is 0.429. The molecule has 0 saturated heterocycles. The molecular formula is C32H46N2O4. The number of Topliss-reactive ketones (excluding diaryl/α,β-unsaturated/α-hetero) is 1. The number of hydroxylamine groups is 1. The van der Waals surface area contributed by atoms with Crippen LogP contribution in [0.5, 0.6) is 0 Å². The van der Waals surface area contributed by atoms with Gasteiger partial charge < -0.3 is 0 Å². The Kier molecular flexibility index (Phi) is 7.14. The monoisotopic (exact) mass is 522 g/mol. The summed E-state index contributed by atoms with van der Waals surface area (Å²) in [7, 11) is 1.49. The average molecular weight is 523 g/mol. The van der Waals surface area contributed by atoms with E-state index in [2.05, 4.69) is 53.1 Å². The van der Waals surface area contributed by atoms with E-state index in [0.29, 0.717) is 12.8 Å². The molecule has 0 spiro atoms. The zero-order valence-electron chi connectivity index (χ0n) is 24.6. The maximum absolute atomic E-state index is 13.5. The first-order valence-corrected chi connectivity index (χ1v) is 14.4. The molecule has 1 N–H and O–H groups in total. The molecule has 2 fully saturated rings. The molecule has 0 aromatic heterocycles. The van der Waals surface area contributed by atoms with Crippen LogP contribution in [0.1, 0.15) is 99.8 Å². The minimum atomic E-state index is -0.546. The average Bonchev–Trinajstić information content (AvgIpc) is 2.82. The summed E-state index contributed by atoms with van der Waals surface area (Å²) in [5.74, 6) is -0.0176. The van der Waals surface area contributed by atoms with Crippen LogP contribution in [0.25, 0.3) is 0 Å². The Morgan fingerprint density at radius 3 is 2.39 bits per heavy atom. The molecule has 0 bridgehead atoms. The zero-order valence-corrected chi connectivity index (χ0v) is 24.6. The molecule has 0 aliphatic heterocycles. The van der Waals surface area contributed by atoms with Gasteiger partial charge in [-0.1, -0.05) is 60.1 Å². The van der Waals surface area contributed by atoms with E-state index in [1.165, 1.54) is 7.11 Å². The molecule has 2 saturated carbocycles. The maximum atomic E-state index is 13.5. The Balaban J connectivity index is 1.73. The second kappa shape index (κ2) is 9.44. The molecule has 208 valence electrons. The maximum Gasteiger partial charge on any atom is 0.250 e. The number of hydrogen-bond acceptors (Lipinski definition) is 5. The fourth-order valence-corrected chi connectivity index (χ4v) is 9.06. The van der Waals surface area contributed by atoms with Crippen molar-refractivity contribution in [1.29, 1.82) is 5.26 Å². The SMILES string of the molecule is CONC(=O)[C@]1(CC[C@]2(C)CC(=O)C=C3[C@@]4(C)C=C(C#N)C(=O)[C@@H](C)[C@@H]4CC[C@]32C)CCC(C)(C)CC1C. The van der Waals surface area contributed by atoms with Gasteiger partial charge in [-0.15, -0.1) is 0 Å². The molecule has 6 heteroatoms. The van der Waals surface area contributed by atoms with E-state index in [9.17, 15) is 19.6 Å². The van der Waals surface area contributed by atoms with Gasteiger partial charge in [-0.05, 0) is 79.1 Å². The van der Waals surface area contributed by atoms with Gasteiger partial charge in [0.25, 0.3) is 0 Å². The summed E-state index contributed by atoms with van der Waals surface area (Å²) in [6.45, 7) is 15.3. The van der Waals surface area contributed by atoms with Crippen LogP contribution in [-0.2, 0) is 19.2 Å². The Hall–Kier alpha value is -2.26. The molecule has 4 aliphatic rings. The summed E-state index contributed by atoms with van der Waals surface area (Å²) >= 11 is 0. The van der Waals surface area contributed by atoms with Crippen molar-refractivity contribution in [1.82, 2.24) is 5.48 Å². The molecule has 6 nitrogen and oxygen atoms in total. The zero-order chi connectivity index (χ0) is 28.3. The standard InChI is InChI=1S/C32H46N2O4/c1-20-16-28(3,4)11-13-32(20,27(37)34-38-8)14-12-29(5)18-23(35)15-25-30(6)17-22(19-33)26(36)21(2)24(30)9-10-31(25,29)7/h15,17,20-21,24H,9-14,16,18H2,1-8H3,(H,34,37)/t20?,21-,24-,29+,30-,31+,32-/m0/s1. The van der Waals surface area contributed by atoms with Crippen molar-refractivity contribution in [3.05, 3.63) is 23.3 Å². The highest BCUT2D eigenvalue weighted by atomic mass is 16.6. The summed E-state index contributed by atoms with van der Waals surface area (Å²) in [5.41, 5.74) is 2.45. The van der Waals surface area contributed by atoms with Crippen molar-refractivity contribution >= 4 is 17.5 Å². The van der Waals surface area contributed by atoms with Gasteiger partial charge in [0.2, 0.25) is 5.91 Å². The normalized spacial score (nSPS) is 42.2. The molecule has 0 aromatic rings. The van der Waals surface area contributed by atoms with Crippen molar-refractivity contribution in [3.8, 4) is 6.07 Å². The Bertz CT molecular complexity index is 1140. The number of carbonyl (C=O) groups excluding carboxylic acids is 3. The third kappa shape index (κ3) is 4.21. The van der Waals surface area contributed by atoms with Gasteiger partial charge in [-0.2, -0.15) is 5.26 Å². The van der Waals surface area contributed by atoms with Gasteiger partial charge in [0.15, 0.2) is 11.6 Å². The molecule has 38 heavy (non-hydrogen) atoms. The molecule has 0 aromatic carbocycles. The Morgan fingerprint density at radius 1 is 1.11 bits per heavy atom. The number of amides is 1. The van der Waals surface area contributed by atoms with Crippen LogP contribution in [0.2, 0.25) is 0 Å². The van der Waals surface area contributed by atoms with Crippen LogP contribution < -0.4 is 5.48 Å². The second-order valence-corrected chi connectivity index (χ2v) is 14.4. The number of nitrogens with zero attached hydrogens (tertiary/aromatic N) is 1. The number of carbonyl (C=O) groups is 3. The summed E-state index contributed by atoms with van der Waals surface area (Å²) in [6, 6.07) is 2.13. The van der Waals surface area contributed by atoms with Gasteiger partial charge in [0.1, 0.15) is 6.07 Å². The first-order valence-electron chi connectivity index (χ1n) is 14.4. The number of ketones is 2. The number of hydrogen-bond donors (Lipinski definition) is 1. The lowest BCUT2D eigenvalue weighted by atomic mass is 9.41. The van der Waals surface area contributed by atoms with E-state index in [4.69, 9.17) is 4.84 Å². The Labute approximate surface area is 228 Å². The molecule has 4 aliphatic carbocycles. The number of rotatable bonds is 5. The predicted octanol–water partition coefficient (Wildman–Crippen LogP) is 6.27. The van der Waals surface area contributed by atoms with Gasteiger partial charge in [0, 0.05) is 17.8 Å². The minimum absolute atomic E-state index is 0.0495. The fourth-order valence-electron chi connectivity index (χ4n) is 9.06. The van der Waals surface area contributed by atoms with E-state index >= 15 is 0 Å². The summed E-state index contributed by atoms with van der Waals surface area (Å²) in [4.78, 5) is 44.9. The third-order valence-electron chi connectivity index (χ3n) is 11.8. The lowest BCUT2D eigenvalue weighted by Crippen LogP contribution is -2.56. The van der Waals surface area contributed by atoms with Crippen molar-refractivity contribution in [2.45, 2.75) is 99.8 Å². The summed E-state index contributed by atoms with van der Waals surface area (Å²) in [5, 5.41) is 9.74. The first-order chi connectivity index (χ1) is 17.6. The molecule has 1 unspecified atom stereocenters. The van der Waals surface area contributed by atoms with E-state index in [1.54, 1.807) is 0 Å². The van der Waals surface area contributed by atoms with Crippen molar-refractivity contribution < 1.29 is 19.2 Å². The lowest BCUT2D eigenvalue weighted by molar-refractivity contribution is -0.152. The number of allylic oxidation sites excluding steroid dienone is 4. The third-order valence-corrected chi connectivity index (χ3v) is 11.8. The van der Waals surface area contributed by atoms with E-state index in [0.717, 1.165) is 44.1 Å². The van der Waals surface area contributed by atoms with Gasteiger partial charge in [-0.25, -0.2) is 5.48 Å². The molecular weight excluding hydrogens is 476 g/mol. The van der Waals surface area contributed by atoms with Crippen molar-refractivity contribution in [3.63, 3.8) is 0 Å². The molecule has 7 atom stereocenters. The van der Waals surface area contributed by atoms with Crippen LogP contribution in [0.15, 0.2) is 23.3 Å². The van der Waals surface area contributed by atoms with E-state index in [-0.39, 0.29) is 57.0 Å². The molecule has 0 heterocycles. The van der Waals surface area contributed by atoms with Gasteiger partial charge >= 0.3 is 0 Å². The smallest absolute Gasteiger partial charge is 0.250 e. The first kappa shape index (κ1) is 28.7. The highest BCUT2D eigenvalue weighted by Gasteiger charge is 2.61. The van der Waals surface area contributed by atoms with Gasteiger partial charge in [-0.3, -0.25) is 19.2 Å². The van der Waals surface area contributed by atoms with Gasteiger partial charge in [0.05, 0.1) is 18.1 Å². The Morgan fingerprint density at radius 2 is 1.79 bits per heavy atom. The van der Waals surface area contributed by atoms with Crippen molar-refractivity contribution in [2.75, 3.05) is 7.11 Å². The fraction of sp³-hybridized carbons (Fsp3) is 0.750. The van der Waals surface area contributed by atoms with Crippen LogP contribution in [-0.4, -0.2) is 24.6 Å². The number of nitrogens with one attached hydrogen (secondary N) is 1. The minimum Gasteiger partial charge on any atom is -0.295 e. The second-order valence-electron chi connectivity index (χ2n) is 14.4. The topological polar surface area (TPSA) is 96.3 Å². The van der Waals surface area contributed by atoms with Crippen LogP contribution >= 0.6 is 0 Å². The lowest BCUT2D eigenvalue weighted by Gasteiger charge is -2.61. The number of nitriles is 1. The van der Waals surface area contributed by atoms with Crippen LogP contribution in [0.4, 0.5) is 0 Å².